The summed E-state index contributed by atoms with van der Waals surface area (Å²) in [5, 5.41) is 2.76. The summed E-state index contributed by atoms with van der Waals surface area (Å²) in [6.07, 6.45) is 3.21. The number of hydrogen-bond donors (Lipinski definition) is 1. The van der Waals surface area contributed by atoms with Crippen molar-refractivity contribution in [3.63, 3.8) is 0 Å². The molecular formula is C21H18ClN5O3S. The van der Waals surface area contributed by atoms with Gasteiger partial charge in [0.25, 0.3) is 5.91 Å². The average molecular weight is 456 g/mol. The van der Waals surface area contributed by atoms with Gasteiger partial charge in [-0.2, -0.15) is 0 Å². The van der Waals surface area contributed by atoms with Gasteiger partial charge in [0, 0.05) is 19.7 Å². The summed E-state index contributed by atoms with van der Waals surface area (Å²) in [5.74, 6) is 0.173. The Balaban J connectivity index is 1.57. The molecule has 0 aliphatic heterocycles. The maximum Gasteiger partial charge on any atom is 0.255 e. The van der Waals surface area contributed by atoms with Crippen molar-refractivity contribution in [2.75, 3.05) is 19.4 Å². The zero-order valence-electron chi connectivity index (χ0n) is 16.7. The van der Waals surface area contributed by atoms with Gasteiger partial charge in [0.2, 0.25) is 10.0 Å². The number of rotatable bonds is 5. The Morgan fingerprint density at radius 3 is 2.55 bits per heavy atom. The molecule has 31 heavy (non-hydrogen) atoms. The van der Waals surface area contributed by atoms with Crippen LogP contribution in [0.15, 0.2) is 72.0 Å². The molecule has 158 valence electrons. The lowest BCUT2D eigenvalue weighted by Crippen LogP contribution is -2.23. The van der Waals surface area contributed by atoms with Crippen LogP contribution in [0.25, 0.3) is 16.9 Å². The molecule has 0 spiro atoms. The lowest BCUT2D eigenvalue weighted by atomic mass is 10.2. The van der Waals surface area contributed by atoms with Crippen molar-refractivity contribution in [2.45, 2.75) is 4.90 Å². The highest BCUT2D eigenvalue weighted by molar-refractivity contribution is 7.89. The quantitative estimate of drug-likeness (QED) is 0.496. The smallest absolute Gasteiger partial charge is 0.255 e. The normalized spacial score (nSPS) is 11.7. The Morgan fingerprint density at radius 1 is 1.06 bits per heavy atom. The molecule has 0 aliphatic carbocycles. The molecule has 1 N–H and O–H groups in total. The predicted octanol–water partition coefficient (Wildman–Crippen LogP) is 3.58. The largest absolute Gasteiger partial charge is 0.321 e. The Labute approximate surface area is 184 Å². The molecule has 2 aromatic heterocycles. The highest BCUT2D eigenvalue weighted by Crippen LogP contribution is 2.25. The molecule has 4 aromatic rings. The predicted molar refractivity (Wildman–Crippen MR) is 119 cm³/mol. The van der Waals surface area contributed by atoms with Crippen LogP contribution in [0.5, 0.6) is 0 Å². The fraction of sp³-hybridized carbons (Fsp3) is 0.0952. The fourth-order valence-electron chi connectivity index (χ4n) is 2.99. The van der Waals surface area contributed by atoms with E-state index < -0.39 is 15.9 Å². The van der Waals surface area contributed by atoms with E-state index in [-0.39, 0.29) is 15.5 Å². The highest BCUT2D eigenvalue weighted by atomic mass is 35.5. The first-order valence-electron chi connectivity index (χ1n) is 9.19. The number of nitrogens with zero attached hydrogens (tertiary/aromatic N) is 4. The van der Waals surface area contributed by atoms with Gasteiger partial charge in [-0.25, -0.2) is 22.7 Å². The first-order valence-corrected chi connectivity index (χ1v) is 11.0. The lowest BCUT2D eigenvalue weighted by Gasteiger charge is -2.14. The van der Waals surface area contributed by atoms with Crippen molar-refractivity contribution in [1.82, 2.24) is 18.8 Å². The van der Waals surface area contributed by atoms with Gasteiger partial charge in [-0.1, -0.05) is 23.7 Å². The molecule has 1 amide bonds. The van der Waals surface area contributed by atoms with E-state index in [1.54, 1.807) is 18.5 Å². The van der Waals surface area contributed by atoms with Crippen molar-refractivity contribution in [2.24, 2.45) is 0 Å². The number of imidazole rings is 1. The number of sulfonamides is 1. The molecule has 8 nitrogen and oxygen atoms in total. The van der Waals surface area contributed by atoms with Gasteiger partial charge in [-0.05, 0) is 42.5 Å². The van der Waals surface area contributed by atoms with E-state index in [2.05, 4.69) is 15.3 Å². The molecule has 0 unspecified atom stereocenters. The number of fused-ring (bicyclic) bond motifs is 1. The summed E-state index contributed by atoms with van der Waals surface area (Å²) >= 11 is 6.04. The number of aromatic nitrogens is 3. The van der Waals surface area contributed by atoms with Crippen LogP contribution < -0.4 is 5.32 Å². The van der Waals surface area contributed by atoms with Gasteiger partial charge in [-0.15, -0.1) is 0 Å². The van der Waals surface area contributed by atoms with Gasteiger partial charge in [0.1, 0.15) is 17.0 Å². The van der Waals surface area contributed by atoms with Crippen LogP contribution in [0.2, 0.25) is 5.02 Å². The standard InChI is InChI=1S/C21H18ClN5O3S/c1-26(2)31(29,30)19-11-14(7-9-16(19)22)21(28)25-15-8-10-20(23-12-15)27-13-24-17-5-3-4-6-18(17)27/h3-13H,1-2H3,(H,25,28). The molecule has 2 heterocycles. The molecule has 0 saturated heterocycles. The SMILES string of the molecule is CN(C)S(=O)(=O)c1cc(C(=O)Nc2ccc(-n3cnc4ccccc43)nc2)ccc1Cl. The number of amides is 1. The monoisotopic (exact) mass is 455 g/mol. The van der Waals surface area contributed by atoms with E-state index in [0.717, 1.165) is 15.3 Å². The topological polar surface area (TPSA) is 97.2 Å². The number of carbonyl (C=O) groups excluding carboxylic acids is 1. The van der Waals surface area contributed by atoms with Crippen LogP contribution in [0.1, 0.15) is 10.4 Å². The van der Waals surface area contributed by atoms with Crippen molar-refractivity contribution in [1.29, 1.82) is 0 Å². The molecule has 0 fully saturated rings. The maximum absolute atomic E-state index is 12.7. The van der Waals surface area contributed by atoms with Crippen molar-refractivity contribution in [3.8, 4) is 5.82 Å². The van der Waals surface area contributed by atoms with Gasteiger partial charge >= 0.3 is 0 Å². The van der Waals surface area contributed by atoms with Gasteiger partial charge in [0.15, 0.2) is 0 Å². The lowest BCUT2D eigenvalue weighted by molar-refractivity contribution is 0.102. The third-order valence-electron chi connectivity index (χ3n) is 4.66. The van der Waals surface area contributed by atoms with E-state index in [0.29, 0.717) is 11.5 Å². The zero-order chi connectivity index (χ0) is 22.2. The molecule has 0 saturated carbocycles. The molecule has 0 bridgehead atoms. The summed E-state index contributed by atoms with van der Waals surface area (Å²) in [6, 6.07) is 15.3. The molecule has 10 heteroatoms. The van der Waals surface area contributed by atoms with Crippen LogP contribution in [0.4, 0.5) is 5.69 Å². The number of nitrogens with one attached hydrogen (secondary N) is 1. The summed E-state index contributed by atoms with van der Waals surface area (Å²) in [6.45, 7) is 0. The minimum atomic E-state index is -3.78. The van der Waals surface area contributed by atoms with Crippen molar-refractivity contribution < 1.29 is 13.2 Å². The molecule has 0 atom stereocenters. The fourth-order valence-corrected chi connectivity index (χ4v) is 4.38. The number of anilines is 1. The van der Waals surface area contributed by atoms with Crippen LogP contribution in [-0.2, 0) is 10.0 Å². The molecule has 0 radical (unpaired) electrons. The van der Waals surface area contributed by atoms with Crippen LogP contribution >= 0.6 is 11.6 Å². The van der Waals surface area contributed by atoms with E-state index in [1.165, 1.54) is 38.5 Å². The zero-order valence-corrected chi connectivity index (χ0v) is 18.2. The second kappa shape index (κ2) is 8.10. The van der Waals surface area contributed by atoms with Crippen molar-refractivity contribution >= 4 is 44.3 Å². The summed E-state index contributed by atoms with van der Waals surface area (Å²) < 4.78 is 27.7. The van der Waals surface area contributed by atoms with Gasteiger partial charge < -0.3 is 5.32 Å². The maximum atomic E-state index is 12.7. The number of hydrogen-bond acceptors (Lipinski definition) is 5. The second-order valence-corrected chi connectivity index (χ2v) is 9.42. The van der Waals surface area contributed by atoms with Crippen LogP contribution in [0, 0.1) is 0 Å². The molecule has 0 aliphatic rings. The molecule has 2 aromatic carbocycles. The Hall–Kier alpha value is -3.27. The number of para-hydroxylation sites is 2. The molecule has 4 rings (SSSR count). The van der Waals surface area contributed by atoms with Gasteiger partial charge in [-0.3, -0.25) is 9.36 Å². The van der Waals surface area contributed by atoms with E-state index in [1.807, 2.05) is 28.8 Å². The van der Waals surface area contributed by atoms with Crippen LogP contribution in [0.3, 0.4) is 0 Å². The number of halogens is 1. The van der Waals surface area contributed by atoms with E-state index in [9.17, 15) is 13.2 Å². The van der Waals surface area contributed by atoms with E-state index >= 15 is 0 Å². The van der Waals surface area contributed by atoms with E-state index in [4.69, 9.17) is 11.6 Å². The second-order valence-electron chi connectivity index (χ2n) is 6.90. The first kappa shape index (κ1) is 21.0. The summed E-state index contributed by atoms with van der Waals surface area (Å²) in [7, 11) is -0.989. The first-order chi connectivity index (χ1) is 14.8. The Bertz CT molecular complexity index is 1380. The number of benzene rings is 2. The Morgan fingerprint density at radius 2 is 1.84 bits per heavy atom. The highest BCUT2D eigenvalue weighted by Gasteiger charge is 2.22. The minimum Gasteiger partial charge on any atom is -0.321 e. The van der Waals surface area contributed by atoms with Crippen molar-refractivity contribution in [3.05, 3.63) is 77.7 Å². The third-order valence-corrected chi connectivity index (χ3v) is 6.95. The minimum absolute atomic E-state index is 0.0452. The third kappa shape index (κ3) is 4.02. The summed E-state index contributed by atoms with van der Waals surface area (Å²) in [4.78, 5) is 21.3. The molecular weight excluding hydrogens is 438 g/mol. The summed E-state index contributed by atoms with van der Waals surface area (Å²) in [5.41, 5.74) is 2.40. The van der Waals surface area contributed by atoms with Crippen LogP contribution in [-0.4, -0.2) is 47.3 Å². The van der Waals surface area contributed by atoms with Gasteiger partial charge in [0.05, 0.1) is 27.9 Å². The Kier molecular flexibility index (Phi) is 5.48. The number of carbonyl (C=O) groups is 1. The number of pyridine rings is 1. The average Bonchev–Trinajstić information content (AvgIpc) is 3.18.